The van der Waals surface area contributed by atoms with Gasteiger partial charge in [-0.2, -0.15) is 0 Å². The van der Waals surface area contributed by atoms with Crippen LogP contribution in [-0.2, 0) is 19.5 Å². The van der Waals surface area contributed by atoms with Gasteiger partial charge in [-0.3, -0.25) is 0 Å². The van der Waals surface area contributed by atoms with Gasteiger partial charge in [0.1, 0.15) is 0 Å². The van der Waals surface area contributed by atoms with Crippen LogP contribution in [0.3, 0.4) is 0 Å². The van der Waals surface area contributed by atoms with Gasteiger partial charge in [0.05, 0.1) is 0 Å². The van der Waals surface area contributed by atoms with E-state index in [1.54, 1.807) is 0 Å². The smallest absolute Gasteiger partial charge is 0.418 e. The van der Waals surface area contributed by atoms with E-state index in [2.05, 4.69) is 0 Å². The number of hydrogen-bond donors (Lipinski definition) is 0. The Labute approximate surface area is 74.8 Å². The molecule has 0 saturated heterocycles. The molecule has 0 aromatic heterocycles. The molecule has 0 aliphatic rings. The zero-order valence-corrected chi connectivity index (χ0v) is 6.65. The van der Waals surface area contributed by atoms with E-state index in [0.29, 0.717) is 0 Å². The Hall–Kier alpha value is 0.153. The van der Waals surface area contributed by atoms with E-state index in [4.69, 9.17) is 0 Å². The van der Waals surface area contributed by atoms with Crippen LogP contribution in [0.4, 0.5) is 34.5 Å². The Morgan fingerprint density at radius 1 is 0.500 bits per heavy atom. The molecule has 12 heteroatoms. The van der Waals surface area contributed by atoms with E-state index in [-0.39, 0.29) is 25.0 Å². The van der Waals surface area contributed by atoms with Crippen molar-refractivity contribution < 1.29 is 59.5 Å². The standard InChI is InChI=1S/2BF4.H2O.Rh/c2*2-1(3,4)5;;/h;;1H2;/q2*-1;;+2. The zero-order valence-electron chi connectivity index (χ0n) is 5.01. The van der Waals surface area contributed by atoms with E-state index >= 15 is 0 Å². The monoisotopic (exact) mass is 295 g/mol. The van der Waals surface area contributed by atoms with Crippen molar-refractivity contribution in [3.8, 4) is 0 Å². The molecule has 0 heterocycles. The average molecular weight is 295 g/mol. The minimum Gasteiger partial charge on any atom is -0.418 e. The minimum absolute atomic E-state index is 0. The fourth-order valence-electron chi connectivity index (χ4n) is 0. The van der Waals surface area contributed by atoms with Crippen LogP contribution in [0, 0.1) is 0 Å². The third kappa shape index (κ3) is 36200. The molecular weight excluding hydrogens is 293 g/mol. The van der Waals surface area contributed by atoms with Crippen LogP contribution in [0.25, 0.3) is 0 Å². The molecule has 2 N–H and O–H groups in total. The number of rotatable bonds is 0. The van der Waals surface area contributed by atoms with Crippen molar-refractivity contribution >= 4 is 14.5 Å². The molecule has 0 aliphatic heterocycles. The van der Waals surface area contributed by atoms with E-state index in [1.165, 1.54) is 0 Å². The molecular formula is H2B2F8ORh. The van der Waals surface area contributed by atoms with Crippen LogP contribution < -0.4 is 0 Å². The second kappa shape index (κ2) is 7.78. The molecule has 0 amide bonds. The quantitative estimate of drug-likeness (QED) is 0.482. The summed E-state index contributed by atoms with van der Waals surface area (Å²) in [6, 6.07) is 0. The molecule has 0 saturated carbocycles. The van der Waals surface area contributed by atoms with Crippen molar-refractivity contribution in [3.63, 3.8) is 0 Å². The second-order valence-electron chi connectivity index (χ2n) is 0.990. The Morgan fingerprint density at radius 2 is 0.500 bits per heavy atom. The van der Waals surface area contributed by atoms with Crippen LogP contribution in [0.2, 0.25) is 0 Å². The predicted molar refractivity (Wildman–Crippen MR) is 24.0 cm³/mol. The van der Waals surface area contributed by atoms with Crippen molar-refractivity contribution in [3.05, 3.63) is 0 Å². The first kappa shape index (κ1) is 22.7. The first-order chi connectivity index (χ1) is 4.00. The molecule has 0 spiro atoms. The van der Waals surface area contributed by atoms with Gasteiger partial charge in [-0.15, -0.1) is 0 Å². The fourth-order valence-corrected chi connectivity index (χ4v) is 0. The third-order valence-corrected chi connectivity index (χ3v) is 0. The van der Waals surface area contributed by atoms with Crippen LogP contribution in [-0.4, -0.2) is 20.0 Å². The molecule has 0 atom stereocenters. The summed E-state index contributed by atoms with van der Waals surface area (Å²) >= 11 is 0. The first-order valence-corrected chi connectivity index (χ1v) is 1.75. The van der Waals surface area contributed by atoms with Gasteiger partial charge >= 0.3 is 34.0 Å². The normalized spacial score (nSPS) is 10.0. The van der Waals surface area contributed by atoms with Crippen molar-refractivity contribution in [2.45, 2.75) is 0 Å². The van der Waals surface area contributed by atoms with Gasteiger partial charge in [-0.05, 0) is 0 Å². The predicted octanol–water partition coefficient (Wildman–Crippen LogP) is 1.77. The Balaban J connectivity index is -0.0000000457. The molecule has 1 radical (unpaired) electrons. The summed E-state index contributed by atoms with van der Waals surface area (Å²) in [4.78, 5) is 0. The Bertz CT molecular complexity index is 60.0. The van der Waals surface area contributed by atoms with Crippen LogP contribution >= 0.6 is 0 Å². The average Bonchev–Trinajstić information content (AvgIpc) is 1.12. The summed E-state index contributed by atoms with van der Waals surface area (Å²) < 4.78 is 78.0. The summed E-state index contributed by atoms with van der Waals surface area (Å²) in [5.74, 6) is 0. The molecule has 0 bridgehead atoms. The van der Waals surface area contributed by atoms with Gasteiger partial charge in [0.2, 0.25) is 0 Å². The summed E-state index contributed by atoms with van der Waals surface area (Å²) in [6.45, 7) is 0. The van der Waals surface area contributed by atoms with Gasteiger partial charge in [0.25, 0.3) is 0 Å². The summed E-state index contributed by atoms with van der Waals surface area (Å²) in [5.41, 5.74) is 0. The molecule has 0 aromatic carbocycles. The molecule has 0 aromatic rings. The Kier molecular flexibility index (Phi) is 14.8. The number of halogens is 8. The Morgan fingerprint density at radius 3 is 0.500 bits per heavy atom. The summed E-state index contributed by atoms with van der Waals surface area (Å²) in [7, 11) is -12.0. The number of hydrogen-bond acceptors (Lipinski definition) is 0. The molecule has 1 nitrogen and oxygen atoms in total. The molecule has 12 heavy (non-hydrogen) atoms. The summed E-state index contributed by atoms with van der Waals surface area (Å²) in [5, 5.41) is 0. The third-order valence-electron chi connectivity index (χ3n) is 0. The van der Waals surface area contributed by atoms with Gasteiger partial charge < -0.3 is 40.0 Å². The maximum atomic E-state index is 9.75. The molecule has 0 unspecified atom stereocenters. The molecule has 0 rings (SSSR count). The van der Waals surface area contributed by atoms with Gasteiger partial charge in [0, 0.05) is 0 Å². The van der Waals surface area contributed by atoms with Crippen LogP contribution in [0.5, 0.6) is 0 Å². The molecule has 0 aliphatic carbocycles. The van der Waals surface area contributed by atoms with Gasteiger partial charge in [-0.25, -0.2) is 0 Å². The summed E-state index contributed by atoms with van der Waals surface area (Å²) in [6.07, 6.45) is 0. The van der Waals surface area contributed by atoms with E-state index in [0.717, 1.165) is 0 Å². The van der Waals surface area contributed by atoms with Crippen molar-refractivity contribution in [1.29, 1.82) is 0 Å². The van der Waals surface area contributed by atoms with Crippen LogP contribution in [0.1, 0.15) is 0 Å². The maximum absolute atomic E-state index is 9.75. The van der Waals surface area contributed by atoms with Crippen molar-refractivity contribution in [2.24, 2.45) is 0 Å². The molecule has 79 valence electrons. The van der Waals surface area contributed by atoms with Crippen LogP contribution in [0.15, 0.2) is 0 Å². The van der Waals surface area contributed by atoms with Crippen molar-refractivity contribution in [1.82, 2.24) is 0 Å². The maximum Gasteiger partial charge on any atom is 2.00 e. The van der Waals surface area contributed by atoms with Gasteiger partial charge in [-0.1, -0.05) is 0 Å². The van der Waals surface area contributed by atoms with E-state index in [1.807, 2.05) is 0 Å². The van der Waals surface area contributed by atoms with E-state index < -0.39 is 14.5 Å². The first-order valence-electron chi connectivity index (χ1n) is 1.75. The largest absolute Gasteiger partial charge is 2.00 e. The fraction of sp³-hybridized carbons (Fsp3) is 0. The SMILES string of the molecule is F[B-](F)(F)F.F[B-](F)(F)F.O.[Rh+2]. The van der Waals surface area contributed by atoms with Gasteiger partial charge in [0.15, 0.2) is 0 Å². The second-order valence-corrected chi connectivity index (χ2v) is 0.990. The van der Waals surface area contributed by atoms with E-state index in [9.17, 15) is 34.5 Å². The minimum atomic E-state index is -6.00. The van der Waals surface area contributed by atoms with Crippen molar-refractivity contribution in [2.75, 3.05) is 0 Å². The topological polar surface area (TPSA) is 31.5 Å². The molecule has 0 fully saturated rings. The zero-order chi connectivity index (χ0) is 9.00.